The van der Waals surface area contributed by atoms with Crippen LogP contribution in [0.5, 0.6) is 5.75 Å². The first kappa shape index (κ1) is 12.9. The lowest BCUT2D eigenvalue weighted by Crippen LogP contribution is -2.21. The van der Waals surface area contributed by atoms with E-state index in [-0.39, 0.29) is 12.5 Å². The van der Waals surface area contributed by atoms with Gasteiger partial charge in [-0.25, -0.2) is 0 Å². The second-order valence-corrected chi connectivity index (χ2v) is 4.07. The van der Waals surface area contributed by atoms with E-state index in [2.05, 4.69) is 10.3 Å². The molecule has 0 aliphatic heterocycles. The average molecular weight is 257 g/mol. The summed E-state index contributed by atoms with van der Waals surface area (Å²) in [5, 5.41) is 2.73. The molecule has 1 heterocycles. The smallest absolute Gasteiger partial charge is 0.262 e. The quantitative estimate of drug-likeness (QED) is 0.821. The van der Waals surface area contributed by atoms with Crippen molar-refractivity contribution in [3.05, 3.63) is 48.3 Å². The van der Waals surface area contributed by atoms with Gasteiger partial charge in [0.05, 0.1) is 17.6 Å². The molecule has 2 aromatic rings. The molecule has 0 aliphatic carbocycles. The van der Waals surface area contributed by atoms with Crippen molar-refractivity contribution >= 4 is 17.3 Å². The Hall–Kier alpha value is -2.56. The summed E-state index contributed by atoms with van der Waals surface area (Å²) >= 11 is 0. The third-order valence-corrected chi connectivity index (χ3v) is 2.59. The van der Waals surface area contributed by atoms with E-state index in [9.17, 15) is 4.79 Å². The number of benzene rings is 1. The number of rotatable bonds is 4. The number of aryl methyl sites for hydroxylation is 1. The third-order valence-electron chi connectivity index (χ3n) is 2.59. The first-order valence-corrected chi connectivity index (χ1v) is 5.84. The van der Waals surface area contributed by atoms with Crippen molar-refractivity contribution < 1.29 is 9.53 Å². The SMILES string of the molecule is Cc1ccncc1NC(=O)COc1ccccc1N. The summed E-state index contributed by atoms with van der Waals surface area (Å²) in [6.45, 7) is 1.80. The van der Waals surface area contributed by atoms with Crippen LogP contribution >= 0.6 is 0 Å². The lowest BCUT2D eigenvalue weighted by atomic mass is 10.2. The summed E-state index contributed by atoms with van der Waals surface area (Å²) in [5.74, 6) is 0.250. The molecule has 0 fully saturated rings. The van der Waals surface area contributed by atoms with E-state index in [1.807, 2.05) is 13.0 Å². The van der Waals surface area contributed by atoms with E-state index >= 15 is 0 Å². The molecule has 2 rings (SSSR count). The normalized spacial score (nSPS) is 9.95. The van der Waals surface area contributed by atoms with Gasteiger partial charge in [-0.2, -0.15) is 0 Å². The minimum atomic E-state index is -0.251. The van der Waals surface area contributed by atoms with Gasteiger partial charge in [0.2, 0.25) is 0 Å². The molecule has 0 aliphatic rings. The highest BCUT2D eigenvalue weighted by Crippen LogP contribution is 2.19. The van der Waals surface area contributed by atoms with Crippen LogP contribution in [-0.2, 0) is 4.79 Å². The van der Waals surface area contributed by atoms with Gasteiger partial charge in [-0.15, -0.1) is 0 Å². The van der Waals surface area contributed by atoms with Crippen molar-refractivity contribution in [1.82, 2.24) is 4.98 Å². The van der Waals surface area contributed by atoms with Crippen molar-refractivity contribution in [3.63, 3.8) is 0 Å². The van der Waals surface area contributed by atoms with Gasteiger partial charge in [0, 0.05) is 6.20 Å². The molecule has 0 atom stereocenters. The van der Waals surface area contributed by atoms with Gasteiger partial charge in [0.1, 0.15) is 5.75 Å². The zero-order valence-electron chi connectivity index (χ0n) is 10.6. The van der Waals surface area contributed by atoms with Gasteiger partial charge in [-0.3, -0.25) is 9.78 Å². The molecule has 0 spiro atoms. The summed E-state index contributed by atoms with van der Waals surface area (Å²) in [6.07, 6.45) is 3.27. The van der Waals surface area contributed by atoms with Gasteiger partial charge >= 0.3 is 0 Å². The Kier molecular flexibility index (Phi) is 3.97. The molecule has 3 N–H and O–H groups in total. The van der Waals surface area contributed by atoms with Crippen LogP contribution in [0.4, 0.5) is 11.4 Å². The van der Waals surface area contributed by atoms with Gasteiger partial charge in [-0.05, 0) is 30.7 Å². The molecule has 5 heteroatoms. The van der Waals surface area contributed by atoms with Crippen molar-refractivity contribution in [1.29, 1.82) is 0 Å². The number of nitrogens with zero attached hydrogens (tertiary/aromatic N) is 1. The van der Waals surface area contributed by atoms with Crippen LogP contribution in [0.2, 0.25) is 0 Å². The van der Waals surface area contributed by atoms with Crippen LogP contribution in [0.15, 0.2) is 42.7 Å². The fraction of sp³-hybridized carbons (Fsp3) is 0.143. The van der Waals surface area contributed by atoms with E-state index in [4.69, 9.17) is 10.5 Å². The standard InChI is InChI=1S/C14H15N3O2/c1-10-6-7-16-8-12(10)17-14(18)9-19-13-5-3-2-4-11(13)15/h2-8H,9,15H2,1H3,(H,17,18). The van der Waals surface area contributed by atoms with Crippen LogP contribution in [0.1, 0.15) is 5.56 Å². The lowest BCUT2D eigenvalue weighted by molar-refractivity contribution is -0.118. The number of carbonyl (C=O) groups is 1. The van der Waals surface area contributed by atoms with Crippen molar-refractivity contribution in [2.24, 2.45) is 0 Å². The molecule has 0 radical (unpaired) electrons. The second-order valence-electron chi connectivity index (χ2n) is 4.07. The topological polar surface area (TPSA) is 77.2 Å². The molecule has 0 unspecified atom stereocenters. The fourth-order valence-corrected chi connectivity index (χ4v) is 1.54. The van der Waals surface area contributed by atoms with Crippen molar-refractivity contribution in [3.8, 4) is 5.75 Å². The number of anilines is 2. The Morgan fingerprint density at radius 3 is 2.89 bits per heavy atom. The Bertz CT molecular complexity index is 584. The zero-order valence-corrected chi connectivity index (χ0v) is 10.6. The summed E-state index contributed by atoms with van der Waals surface area (Å²) in [6, 6.07) is 8.87. The van der Waals surface area contributed by atoms with Gasteiger partial charge < -0.3 is 15.8 Å². The molecule has 0 saturated heterocycles. The van der Waals surface area contributed by atoms with Gasteiger partial charge in [-0.1, -0.05) is 12.1 Å². The number of carbonyl (C=O) groups excluding carboxylic acids is 1. The largest absolute Gasteiger partial charge is 0.482 e. The molecule has 1 aromatic carbocycles. The van der Waals surface area contributed by atoms with Gasteiger partial charge in [0.15, 0.2) is 6.61 Å². The predicted molar refractivity (Wildman–Crippen MR) is 74.0 cm³/mol. The molecule has 1 amide bonds. The number of hydrogen-bond donors (Lipinski definition) is 2. The average Bonchev–Trinajstić information content (AvgIpc) is 2.40. The van der Waals surface area contributed by atoms with E-state index in [0.29, 0.717) is 17.1 Å². The molecular formula is C14H15N3O2. The summed E-state index contributed by atoms with van der Waals surface area (Å²) in [5.41, 5.74) is 7.85. The fourth-order valence-electron chi connectivity index (χ4n) is 1.54. The second kappa shape index (κ2) is 5.86. The van der Waals surface area contributed by atoms with Crippen LogP contribution in [0, 0.1) is 6.92 Å². The molecular weight excluding hydrogens is 242 g/mol. The van der Waals surface area contributed by atoms with E-state index in [1.54, 1.807) is 36.7 Å². The van der Waals surface area contributed by atoms with Crippen LogP contribution in [0.25, 0.3) is 0 Å². The van der Waals surface area contributed by atoms with Gasteiger partial charge in [0.25, 0.3) is 5.91 Å². The first-order chi connectivity index (χ1) is 9.16. The van der Waals surface area contributed by atoms with Crippen LogP contribution in [-0.4, -0.2) is 17.5 Å². The molecule has 0 bridgehead atoms. The summed E-state index contributed by atoms with van der Waals surface area (Å²) < 4.78 is 5.35. The highest BCUT2D eigenvalue weighted by molar-refractivity contribution is 5.92. The summed E-state index contributed by atoms with van der Waals surface area (Å²) in [7, 11) is 0. The monoisotopic (exact) mass is 257 g/mol. The summed E-state index contributed by atoms with van der Waals surface area (Å²) in [4.78, 5) is 15.7. The van der Waals surface area contributed by atoms with Crippen molar-refractivity contribution in [2.45, 2.75) is 6.92 Å². The highest BCUT2D eigenvalue weighted by Gasteiger charge is 2.06. The number of ether oxygens (including phenoxy) is 1. The zero-order chi connectivity index (χ0) is 13.7. The number of amides is 1. The molecule has 0 saturated carbocycles. The first-order valence-electron chi connectivity index (χ1n) is 5.84. The maximum atomic E-state index is 11.7. The van der Waals surface area contributed by atoms with Crippen molar-refractivity contribution in [2.75, 3.05) is 17.7 Å². The number of nitrogens with one attached hydrogen (secondary N) is 1. The Balaban J connectivity index is 1.92. The minimum absolute atomic E-state index is 0.0947. The number of pyridine rings is 1. The Labute approximate surface area is 111 Å². The van der Waals surface area contributed by atoms with E-state index < -0.39 is 0 Å². The molecule has 5 nitrogen and oxygen atoms in total. The minimum Gasteiger partial charge on any atom is -0.482 e. The molecule has 98 valence electrons. The number of nitrogens with two attached hydrogens (primary N) is 1. The third kappa shape index (κ3) is 3.45. The number of hydrogen-bond acceptors (Lipinski definition) is 4. The Morgan fingerprint density at radius 2 is 2.16 bits per heavy atom. The maximum absolute atomic E-state index is 11.7. The number of nitrogen functional groups attached to an aromatic ring is 1. The highest BCUT2D eigenvalue weighted by atomic mass is 16.5. The van der Waals surface area contributed by atoms with Crippen LogP contribution < -0.4 is 15.8 Å². The number of para-hydroxylation sites is 2. The molecule has 19 heavy (non-hydrogen) atoms. The Morgan fingerprint density at radius 1 is 1.37 bits per heavy atom. The van der Waals surface area contributed by atoms with E-state index in [1.165, 1.54) is 0 Å². The lowest BCUT2D eigenvalue weighted by Gasteiger charge is -2.10. The van der Waals surface area contributed by atoms with Crippen LogP contribution in [0.3, 0.4) is 0 Å². The van der Waals surface area contributed by atoms with E-state index in [0.717, 1.165) is 5.56 Å². The molecule has 1 aromatic heterocycles. The maximum Gasteiger partial charge on any atom is 0.262 e. The predicted octanol–water partition coefficient (Wildman–Crippen LogP) is 1.99. The number of aromatic nitrogens is 1.